The fraction of sp³-hybridized carbons (Fsp3) is 0.0769. The Balaban J connectivity index is 1.43. The lowest BCUT2D eigenvalue weighted by Gasteiger charge is -2.23. The van der Waals surface area contributed by atoms with Gasteiger partial charge in [-0.3, -0.25) is 0 Å². The summed E-state index contributed by atoms with van der Waals surface area (Å²) >= 11 is 0. The van der Waals surface area contributed by atoms with Crippen LogP contribution in [0.25, 0.3) is 109 Å². The fourth-order valence-corrected chi connectivity index (χ4v) is 9.62. The SMILES string of the molecule is CC(C)(C)c1ccccc1-c1ccc2c3c(-c4ccccc4)c4c(cc5c6ccccc6c6cccc4c65)c(-c4ccccc4)c3c3cccc1c32. The maximum absolute atomic E-state index is 2.52. The van der Waals surface area contributed by atoms with Crippen molar-refractivity contribution in [2.24, 2.45) is 0 Å². The minimum Gasteiger partial charge on any atom is -0.0622 e. The predicted molar refractivity (Wildman–Crippen MR) is 226 cm³/mol. The maximum Gasteiger partial charge on any atom is -0.000719 e. The van der Waals surface area contributed by atoms with Crippen molar-refractivity contribution >= 4 is 75.4 Å². The summed E-state index contributed by atoms with van der Waals surface area (Å²) in [5, 5.41) is 18.6. The van der Waals surface area contributed by atoms with E-state index in [1.165, 1.54) is 114 Å². The van der Waals surface area contributed by atoms with Crippen LogP contribution < -0.4 is 0 Å². The molecule has 0 spiro atoms. The lowest BCUT2D eigenvalue weighted by Crippen LogP contribution is -2.12. The van der Waals surface area contributed by atoms with Gasteiger partial charge < -0.3 is 0 Å². The zero-order valence-corrected chi connectivity index (χ0v) is 29.6. The second-order valence-electron chi connectivity index (χ2n) is 15.5. The first-order valence-corrected chi connectivity index (χ1v) is 18.5. The molecule has 0 aliphatic rings. The van der Waals surface area contributed by atoms with E-state index < -0.39 is 0 Å². The topological polar surface area (TPSA) is 0 Å². The molecular weight excluding hydrogens is 625 g/mol. The van der Waals surface area contributed by atoms with Gasteiger partial charge in [-0.1, -0.05) is 178 Å². The van der Waals surface area contributed by atoms with Gasteiger partial charge in [-0.2, -0.15) is 0 Å². The second kappa shape index (κ2) is 10.6. The van der Waals surface area contributed by atoms with Gasteiger partial charge in [0, 0.05) is 0 Å². The molecule has 0 bridgehead atoms. The molecule has 0 saturated carbocycles. The van der Waals surface area contributed by atoms with Crippen LogP contribution in [0.5, 0.6) is 0 Å². The van der Waals surface area contributed by atoms with Gasteiger partial charge in [-0.15, -0.1) is 0 Å². The molecule has 0 radical (unpaired) electrons. The molecule has 11 aromatic carbocycles. The Labute approximate surface area is 303 Å². The van der Waals surface area contributed by atoms with E-state index in [0.717, 1.165) is 0 Å². The third-order valence-electron chi connectivity index (χ3n) is 11.7. The molecule has 0 aromatic heterocycles. The molecule has 0 heteroatoms. The standard InChI is InChI=1S/C52H36/c1-52(2,3)44-27-13-12-22-36(44)35-28-29-41-47-38(35)24-15-26-40(47)50-45(31-16-6-4-7-17-31)43-30-42-34-21-11-10-20-33(34)37-23-14-25-39(48(37)42)49(43)46(51(41)50)32-18-8-5-9-19-32/h4-30H,1-3H3. The largest absolute Gasteiger partial charge is 0.0622 e. The average molecular weight is 661 g/mol. The zero-order valence-electron chi connectivity index (χ0n) is 29.6. The molecule has 0 fully saturated rings. The van der Waals surface area contributed by atoms with Crippen LogP contribution in [-0.2, 0) is 5.41 Å². The maximum atomic E-state index is 2.52. The Morgan fingerprint density at radius 1 is 0.288 bits per heavy atom. The minimum absolute atomic E-state index is 0.0161. The summed E-state index contributed by atoms with van der Waals surface area (Å²) in [6.45, 7) is 6.97. The number of benzene rings is 9. The summed E-state index contributed by atoms with van der Waals surface area (Å²) in [4.78, 5) is 0. The molecule has 11 aromatic rings. The van der Waals surface area contributed by atoms with Crippen molar-refractivity contribution in [1.82, 2.24) is 0 Å². The van der Waals surface area contributed by atoms with Gasteiger partial charge >= 0.3 is 0 Å². The summed E-state index contributed by atoms with van der Waals surface area (Å²) in [6, 6.07) is 61.5. The molecule has 0 amide bonds. The predicted octanol–water partition coefficient (Wildman–Crippen LogP) is 14.9. The Kier molecular flexibility index (Phi) is 6.03. The van der Waals surface area contributed by atoms with Gasteiger partial charge in [0.1, 0.15) is 0 Å². The molecule has 11 rings (SSSR count). The van der Waals surface area contributed by atoms with Gasteiger partial charge in [-0.05, 0) is 126 Å². The second-order valence-corrected chi connectivity index (χ2v) is 15.5. The highest BCUT2D eigenvalue weighted by Crippen LogP contribution is 2.55. The highest BCUT2D eigenvalue weighted by Gasteiger charge is 2.27. The molecule has 52 heavy (non-hydrogen) atoms. The average Bonchev–Trinajstić information content (AvgIpc) is 3.69. The zero-order chi connectivity index (χ0) is 34.7. The van der Waals surface area contributed by atoms with E-state index in [1.807, 2.05) is 0 Å². The van der Waals surface area contributed by atoms with Crippen molar-refractivity contribution in [3.8, 4) is 33.4 Å². The lowest BCUT2D eigenvalue weighted by atomic mass is 9.81. The number of hydrogen-bond acceptors (Lipinski definition) is 0. The Hall–Kier alpha value is -6.24. The van der Waals surface area contributed by atoms with Gasteiger partial charge in [0.25, 0.3) is 0 Å². The van der Waals surface area contributed by atoms with Crippen LogP contribution in [-0.4, -0.2) is 0 Å². The van der Waals surface area contributed by atoms with Crippen molar-refractivity contribution in [2.75, 3.05) is 0 Å². The Morgan fingerprint density at radius 2 is 0.788 bits per heavy atom. The summed E-state index contributed by atoms with van der Waals surface area (Å²) in [7, 11) is 0. The number of hydrogen-bond donors (Lipinski definition) is 0. The summed E-state index contributed by atoms with van der Waals surface area (Å²) in [6.07, 6.45) is 0. The highest BCUT2D eigenvalue weighted by atomic mass is 14.3. The van der Waals surface area contributed by atoms with E-state index in [1.54, 1.807) is 0 Å². The molecule has 0 nitrogen and oxygen atoms in total. The molecule has 0 atom stereocenters. The molecular formula is C52H36. The first-order chi connectivity index (χ1) is 25.5. The molecule has 0 saturated heterocycles. The van der Waals surface area contributed by atoms with E-state index in [2.05, 4.69) is 185 Å². The van der Waals surface area contributed by atoms with E-state index >= 15 is 0 Å². The first-order valence-electron chi connectivity index (χ1n) is 18.5. The van der Waals surface area contributed by atoms with Gasteiger partial charge in [0.15, 0.2) is 0 Å². The minimum atomic E-state index is 0.0161. The summed E-state index contributed by atoms with van der Waals surface area (Å²) in [5.41, 5.74) is 9.15. The highest BCUT2D eigenvalue weighted by molar-refractivity contribution is 6.45. The molecule has 0 N–H and O–H groups in total. The van der Waals surface area contributed by atoms with Crippen LogP contribution in [0.1, 0.15) is 26.3 Å². The quantitative estimate of drug-likeness (QED) is 0.165. The van der Waals surface area contributed by atoms with E-state index in [0.29, 0.717) is 0 Å². The van der Waals surface area contributed by atoms with Gasteiger partial charge in [0.05, 0.1) is 0 Å². The van der Waals surface area contributed by atoms with Gasteiger partial charge in [0.2, 0.25) is 0 Å². The van der Waals surface area contributed by atoms with Crippen LogP contribution in [0, 0.1) is 0 Å². The van der Waals surface area contributed by atoms with Crippen LogP contribution in [0.2, 0.25) is 0 Å². The van der Waals surface area contributed by atoms with E-state index in [4.69, 9.17) is 0 Å². The Morgan fingerprint density at radius 3 is 1.50 bits per heavy atom. The van der Waals surface area contributed by atoms with Crippen molar-refractivity contribution in [2.45, 2.75) is 26.2 Å². The van der Waals surface area contributed by atoms with E-state index in [-0.39, 0.29) is 5.41 Å². The van der Waals surface area contributed by atoms with E-state index in [9.17, 15) is 0 Å². The molecule has 0 aliphatic heterocycles. The lowest BCUT2D eigenvalue weighted by molar-refractivity contribution is 0.592. The van der Waals surface area contributed by atoms with Crippen molar-refractivity contribution in [3.05, 3.63) is 169 Å². The normalized spacial score (nSPS) is 12.5. The van der Waals surface area contributed by atoms with Crippen molar-refractivity contribution in [3.63, 3.8) is 0 Å². The number of fused-ring (bicyclic) bond motifs is 8. The van der Waals surface area contributed by atoms with Crippen molar-refractivity contribution < 1.29 is 0 Å². The van der Waals surface area contributed by atoms with Gasteiger partial charge in [-0.25, -0.2) is 0 Å². The molecule has 0 unspecified atom stereocenters. The van der Waals surface area contributed by atoms with Crippen LogP contribution in [0.15, 0.2) is 164 Å². The van der Waals surface area contributed by atoms with Crippen LogP contribution in [0.3, 0.4) is 0 Å². The smallest absolute Gasteiger partial charge is 0.000719 e. The fourth-order valence-electron chi connectivity index (χ4n) is 9.62. The monoisotopic (exact) mass is 660 g/mol. The third kappa shape index (κ3) is 3.93. The molecule has 0 aliphatic carbocycles. The molecule has 244 valence electrons. The number of rotatable bonds is 3. The first kappa shape index (κ1) is 29.5. The Bertz CT molecular complexity index is 3180. The van der Waals surface area contributed by atoms with Crippen LogP contribution in [0.4, 0.5) is 0 Å². The molecule has 0 heterocycles. The summed E-state index contributed by atoms with van der Waals surface area (Å²) in [5.74, 6) is 0. The van der Waals surface area contributed by atoms with Crippen LogP contribution >= 0.6 is 0 Å². The third-order valence-corrected chi connectivity index (χ3v) is 11.7. The van der Waals surface area contributed by atoms with Crippen molar-refractivity contribution in [1.29, 1.82) is 0 Å². The summed E-state index contributed by atoms with van der Waals surface area (Å²) < 4.78 is 0.